The second-order valence-corrected chi connectivity index (χ2v) is 4.78. The smallest absolute Gasteiger partial charge is 0.139 e. The van der Waals surface area contributed by atoms with Crippen LogP contribution in [0.3, 0.4) is 0 Å². The van der Waals surface area contributed by atoms with Crippen LogP contribution in [0.2, 0.25) is 5.02 Å². The number of hydrogen-bond acceptors (Lipinski definition) is 4. The molecule has 5 heteroatoms. The van der Waals surface area contributed by atoms with E-state index < -0.39 is 6.10 Å². The topological polar surface area (TPSA) is 44.7 Å². The van der Waals surface area contributed by atoms with Crippen LogP contribution in [-0.4, -0.2) is 49.4 Å². The van der Waals surface area contributed by atoms with Crippen LogP contribution < -0.4 is 10.1 Å². The molecule has 0 fully saturated rings. The maximum atomic E-state index is 9.96. The maximum Gasteiger partial charge on any atom is 0.139 e. The van der Waals surface area contributed by atoms with Gasteiger partial charge < -0.3 is 20.1 Å². The highest BCUT2D eigenvalue weighted by molar-refractivity contribution is 6.32. The molecule has 0 aliphatic rings. The Morgan fingerprint density at radius 1 is 1.37 bits per heavy atom. The van der Waals surface area contributed by atoms with Gasteiger partial charge in [0.1, 0.15) is 5.75 Å². The standard InChI is InChI=1S/C14H23ClN2O2/c1-4-17(5-2)10-12(18)9-16-11-6-7-13(15)14(8-11)19-3/h6-8,12,16,18H,4-5,9-10H2,1-3H3. The number of nitrogens with one attached hydrogen (secondary N) is 1. The maximum absolute atomic E-state index is 9.96. The summed E-state index contributed by atoms with van der Waals surface area (Å²) in [6, 6.07) is 5.47. The van der Waals surface area contributed by atoms with Crippen LogP contribution in [0.5, 0.6) is 5.75 Å². The van der Waals surface area contributed by atoms with Gasteiger partial charge in [-0.05, 0) is 25.2 Å². The second-order valence-electron chi connectivity index (χ2n) is 4.37. The molecule has 0 saturated heterocycles. The van der Waals surface area contributed by atoms with E-state index >= 15 is 0 Å². The van der Waals surface area contributed by atoms with Crippen LogP contribution in [0.4, 0.5) is 5.69 Å². The number of aliphatic hydroxyl groups is 1. The van der Waals surface area contributed by atoms with Gasteiger partial charge in [0.15, 0.2) is 0 Å². The van der Waals surface area contributed by atoms with E-state index in [2.05, 4.69) is 24.1 Å². The van der Waals surface area contributed by atoms with Crippen molar-refractivity contribution in [2.45, 2.75) is 20.0 Å². The Bertz CT molecular complexity index is 384. The van der Waals surface area contributed by atoms with Crippen molar-refractivity contribution in [1.82, 2.24) is 4.90 Å². The van der Waals surface area contributed by atoms with Crippen molar-refractivity contribution >= 4 is 17.3 Å². The summed E-state index contributed by atoms with van der Waals surface area (Å²) in [5.74, 6) is 0.630. The molecule has 0 amide bonds. The number of rotatable bonds is 8. The van der Waals surface area contributed by atoms with E-state index in [1.807, 2.05) is 12.1 Å². The van der Waals surface area contributed by atoms with Gasteiger partial charge in [0.25, 0.3) is 0 Å². The normalized spacial score (nSPS) is 12.5. The fraction of sp³-hybridized carbons (Fsp3) is 0.571. The van der Waals surface area contributed by atoms with Crippen molar-refractivity contribution in [3.05, 3.63) is 23.2 Å². The Kier molecular flexibility index (Phi) is 6.99. The number of hydrogen-bond donors (Lipinski definition) is 2. The Morgan fingerprint density at radius 3 is 2.63 bits per heavy atom. The number of nitrogens with zero attached hydrogens (tertiary/aromatic N) is 1. The summed E-state index contributed by atoms with van der Waals surface area (Å²) in [6.45, 7) is 7.25. The zero-order chi connectivity index (χ0) is 14.3. The predicted molar refractivity (Wildman–Crippen MR) is 80.3 cm³/mol. The van der Waals surface area contributed by atoms with E-state index in [4.69, 9.17) is 16.3 Å². The van der Waals surface area contributed by atoms with Crippen molar-refractivity contribution in [1.29, 1.82) is 0 Å². The Morgan fingerprint density at radius 2 is 2.05 bits per heavy atom. The molecule has 1 unspecified atom stereocenters. The van der Waals surface area contributed by atoms with E-state index in [-0.39, 0.29) is 0 Å². The minimum atomic E-state index is -0.401. The van der Waals surface area contributed by atoms with Gasteiger partial charge >= 0.3 is 0 Å². The van der Waals surface area contributed by atoms with Crippen molar-refractivity contribution in [3.8, 4) is 5.75 Å². The molecule has 1 rings (SSSR count). The highest BCUT2D eigenvalue weighted by Crippen LogP contribution is 2.27. The van der Waals surface area contributed by atoms with Crippen molar-refractivity contribution in [2.75, 3.05) is 38.6 Å². The quantitative estimate of drug-likeness (QED) is 0.771. The van der Waals surface area contributed by atoms with Crippen LogP contribution in [0.15, 0.2) is 18.2 Å². The summed E-state index contributed by atoms with van der Waals surface area (Å²) < 4.78 is 5.15. The molecule has 4 nitrogen and oxygen atoms in total. The van der Waals surface area contributed by atoms with E-state index in [1.165, 1.54) is 0 Å². The highest BCUT2D eigenvalue weighted by atomic mass is 35.5. The lowest BCUT2D eigenvalue weighted by Crippen LogP contribution is -2.35. The molecule has 0 aromatic heterocycles. The van der Waals surface area contributed by atoms with E-state index in [1.54, 1.807) is 13.2 Å². The molecule has 0 saturated carbocycles. The number of halogens is 1. The van der Waals surface area contributed by atoms with Crippen LogP contribution in [0, 0.1) is 0 Å². The first-order chi connectivity index (χ1) is 9.10. The Balaban J connectivity index is 2.47. The third kappa shape index (κ3) is 5.27. The third-order valence-electron chi connectivity index (χ3n) is 3.06. The van der Waals surface area contributed by atoms with Crippen molar-refractivity contribution in [3.63, 3.8) is 0 Å². The van der Waals surface area contributed by atoms with Crippen LogP contribution in [-0.2, 0) is 0 Å². The minimum Gasteiger partial charge on any atom is -0.495 e. The van der Waals surface area contributed by atoms with Crippen molar-refractivity contribution < 1.29 is 9.84 Å². The lowest BCUT2D eigenvalue weighted by molar-refractivity contribution is 0.128. The number of benzene rings is 1. The molecule has 0 aliphatic carbocycles. The number of anilines is 1. The lowest BCUT2D eigenvalue weighted by atomic mass is 10.2. The van der Waals surface area contributed by atoms with Gasteiger partial charge in [0, 0.05) is 24.8 Å². The molecule has 19 heavy (non-hydrogen) atoms. The Hall–Kier alpha value is -0.970. The average Bonchev–Trinajstić information content (AvgIpc) is 2.43. The van der Waals surface area contributed by atoms with Gasteiger partial charge in [0.2, 0.25) is 0 Å². The summed E-state index contributed by atoms with van der Waals surface area (Å²) in [4.78, 5) is 2.19. The number of ether oxygens (including phenoxy) is 1. The first kappa shape index (κ1) is 16.1. The molecule has 0 aliphatic heterocycles. The molecule has 2 N–H and O–H groups in total. The summed E-state index contributed by atoms with van der Waals surface area (Å²) in [7, 11) is 1.58. The summed E-state index contributed by atoms with van der Waals surface area (Å²) in [5, 5.41) is 13.7. The first-order valence-electron chi connectivity index (χ1n) is 6.58. The molecular formula is C14H23ClN2O2. The van der Waals surface area contributed by atoms with E-state index in [0.29, 0.717) is 23.9 Å². The van der Waals surface area contributed by atoms with Gasteiger partial charge in [-0.1, -0.05) is 25.4 Å². The molecule has 1 aromatic rings. The monoisotopic (exact) mass is 286 g/mol. The molecule has 0 radical (unpaired) electrons. The molecular weight excluding hydrogens is 264 g/mol. The molecule has 1 atom stereocenters. The van der Waals surface area contributed by atoms with Gasteiger partial charge in [-0.3, -0.25) is 0 Å². The SMILES string of the molecule is CCN(CC)CC(O)CNc1ccc(Cl)c(OC)c1. The van der Waals surface area contributed by atoms with E-state index in [0.717, 1.165) is 18.8 Å². The van der Waals surface area contributed by atoms with Gasteiger partial charge in [0.05, 0.1) is 18.2 Å². The molecule has 0 spiro atoms. The number of likely N-dealkylation sites (N-methyl/N-ethyl adjacent to an activating group) is 1. The second kappa shape index (κ2) is 8.25. The third-order valence-corrected chi connectivity index (χ3v) is 3.37. The molecule has 1 aromatic carbocycles. The highest BCUT2D eigenvalue weighted by Gasteiger charge is 2.09. The first-order valence-corrected chi connectivity index (χ1v) is 6.96. The zero-order valence-corrected chi connectivity index (χ0v) is 12.6. The lowest BCUT2D eigenvalue weighted by Gasteiger charge is -2.22. The van der Waals surface area contributed by atoms with Crippen LogP contribution in [0.25, 0.3) is 0 Å². The van der Waals surface area contributed by atoms with Gasteiger partial charge in [-0.2, -0.15) is 0 Å². The Labute approximate surface area is 120 Å². The minimum absolute atomic E-state index is 0.401. The molecule has 0 bridgehead atoms. The van der Waals surface area contributed by atoms with Crippen LogP contribution >= 0.6 is 11.6 Å². The largest absolute Gasteiger partial charge is 0.495 e. The van der Waals surface area contributed by atoms with Gasteiger partial charge in [-0.25, -0.2) is 0 Å². The van der Waals surface area contributed by atoms with Crippen molar-refractivity contribution in [2.24, 2.45) is 0 Å². The fourth-order valence-electron chi connectivity index (χ4n) is 1.85. The summed E-state index contributed by atoms with van der Waals surface area (Å²) >= 11 is 5.96. The summed E-state index contributed by atoms with van der Waals surface area (Å²) in [5.41, 5.74) is 0.889. The summed E-state index contributed by atoms with van der Waals surface area (Å²) in [6.07, 6.45) is -0.401. The fourth-order valence-corrected chi connectivity index (χ4v) is 2.04. The zero-order valence-electron chi connectivity index (χ0n) is 11.8. The number of methoxy groups -OCH3 is 1. The molecule has 0 heterocycles. The average molecular weight is 287 g/mol. The van der Waals surface area contributed by atoms with E-state index in [9.17, 15) is 5.11 Å². The van der Waals surface area contributed by atoms with Crippen LogP contribution in [0.1, 0.15) is 13.8 Å². The van der Waals surface area contributed by atoms with Gasteiger partial charge in [-0.15, -0.1) is 0 Å². The number of aliphatic hydroxyl groups excluding tert-OH is 1. The molecule has 108 valence electrons. The predicted octanol–water partition coefficient (Wildman–Crippen LogP) is 2.46.